The maximum Gasteiger partial charge on any atom is 0.291 e. The quantitative estimate of drug-likeness (QED) is 0.488. The molecule has 0 fully saturated rings. The average molecular weight is 486 g/mol. The number of carbonyl (C=O) groups excluding carboxylic acids is 3. The molecule has 158 valence electrons. The van der Waals surface area contributed by atoms with Gasteiger partial charge >= 0.3 is 0 Å². The Morgan fingerprint density at radius 2 is 1.48 bits per heavy atom. The number of rotatable bonds is 4. The Balaban J connectivity index is 1.37. The number of ether oxygens (including phenoxy) is 2. The molecule has 0 saturated heterocycles. The first-order chi connectivity index (χ1) is 15.0. The van der Waals surface area contributed by atoms with E-state index in [1.165, 1.54) is 12.1 Å². The molecule has 1 aliphatic rings. The van der Waals surface area contributed by atoms with Crippen LogP contribution in [0.25, 0.3) is 0 Å². The van der Waals surface area contributed by atoms with E-state index in [-0.39, 0.29) is 11.3 Å². The van der Waals surface area contributed by atoms with Gasteiger partial charge in [-0.25, -0.2) is 0 Å². The van der Waals surface area contributed by atoms with Crippen LogP contribution in [-0.4, -0.2) is 30.9 Å². The van der Waals surface area contributed by atoms with Crippen LogP contribution in [0.1, 0.15) is 31.3 Å². The molecule has 10 heteroatoms. The molecule has 0 atom stereocenters. The van der Waals surface area contributed by atoms with Crippen LogP contribution >= 0.6 is 15.9 Å². The highest BCUT2D eigenvalue weighted by Crippen LogP contribution is 2.30. The fraction of sp³-hybridized carbons (Fsp3) is 0.0952. The van der Waals surface area contributed by atoms with Gasteiger partial charge in [0.05, 0.1) is 0 Å². The highest BCUT2D eigenvalue weighted by atomic mass is 79.9. The van der Waals surface area contributed by atoms with E-state index >= 15 is 0 Å². The Bertz CT molecular complexity index is 1160. The topological polar surface area (TPSA) is 119 Å². The zero-order valence-corrected chi connectivity index (χ0v) is 17.5. The fourth-order valence-electron chi connectivity index (χ4n) is 2.81. The predicted molar refractivity (Wildman–Crippen MR) is 113 cm³/mol. The third-order valence-corrected chi connectivity index (χ3v) is 4.70. The zero-order chi connectivity index (χ0) is 21.8. The molecule has 0 bridgehead atoms. The van der Waals surface area contributed by atoms with E-state index < -0.39 is 17.7 Å². The van der Waals surface area contributed by atoms with Crippen molar-refractivity contribution in [3.8, 4) is 11.5 Å². The Hall–Kier alpha value is -3.79. The van der Waals surface area contributed by atoms with Crippen LogP contribution in [0.5, 0.6) is 11.5 Å². The number of fused-ring (bicyclic) bond motifs is 1. The summed E-state index contributed by atoms with van der Waals surface area (Å²) in [5, 5.41) is 2.64. The Labute approximate surface area is 184 Å². The number of amides is 3. The van der Waals surface area contributed by atoms with E-state index in [1.54, 1.807) is 42.5 Å². The van der Waals surface area contributed by atoms with E-state index in [0.717, 1.165) is 0 Å². The van der Waals surface area contributed by atoms with Gasteiger partial charge in [-0.05, 0) is 64.5 Å². The predicted octanol–water partition coefficient (Wildman–Crippen LogP) is 3.14. The SMILES string of the molecule is O=C(NNC(=O)c1ccc2c(c1)OCCO2)c1cccc(NC(=O)c2ccc(Br)o2)c1. The molecule has 1 aromatic heterocycles. The minimum Gasteiger partial charge on any atom is -0.486 e. The number of hydrogen-bond donors (Lipinski definition) is 3. The molecule has 3 aromatic rings. The maximum absolute atomic E-state index is 12.4. The summed E-state index contributed by atoms with van der Waals surface area (Å²) in [6, 6.07) is 14.1. The molecule has 31 heavy (non-hydrogen) atoms. The van der Waals surface area contributed by atoms with Gasteiger partial charge in [0.15, 0.2) is 21.9 Å². The lowest BCUT2D eigenvalue weighted by atomic mass is 10.2. The second kappa shape index (κ2) is 8.92. The van der Waals surface area contributed by atoms with Crippen molar-refractivity contribution in [2.45, 2.75) is 0 Å². The van der Waals surface area contributed by atoms with E-state index in [1.807, 2.05) is 0 Å². The minimum atomic E-state index is -0.553. The van der Waals surface area contributed by atoms with Crippen LogP contribution in [0.3, 0.4) is 0 Å². The van der Waals surface area contributed by atoms with Crippen molar-refractivity contribution in [2.75, 3.05) is 18.5 Å². The van der Waals surface area contributed by atoms with Crippen LogP contribution in [0.2, 0.25) is 0 Å². The molecule has 3 N–H and O–H groups in total. The zero-order valence-electron chi connectivity index (χ0n) is 15.9. The second-order valence-corrected chi connectivity index (χ2v) is 7.19. The average Bonchev–Trinajstić information content (AvgIpc) is 3.23. The monoisotopic (exact) mass is 485 g/mol. The van der Waals surface area contributed by atoms with Gasteiger partial charge in [-0.15, -0.1) is 0 Å². The van der Waals surface area contributed by atoms with Gasteiger partial charge in [0.1, 0.15) is 13.2 Å². The van der Waals surface area contributed by atoms with Crippen molar-refractivity contribution in [3.05, 3.63) is 76.2 Å². The van der Waals surface area contributed by atoms with Gasteiger partial charge in [-0.3, -0.25) is 25.2 Å². The van der Waals surface area contributed by atoms with Gasteiger partial charge < -0.3 is 19.2 Å². The molecular formula is C21H16BrN3O6. The number of nitrogens with one attached hydrogen (secondary N) is 3. The molecule has 2 heterocycles. The molecule has 0 saturated carbocycles. The van der Waals surface area contributed by atoms with Crippen molar-refractivity contribution in [3.63, 3.8) is 0 Å². The van der Waals surface area contributed by atoms with Crippen LogP contribution in [0.15, 0.2) is 63.7 Å². The molecule has 0 unspecified atom stereocenters. The molecule has 2 aromatic carbocycles. The lowest BCUT2D eigenvalue weighted by Gasteiger charge is -2.18. The standard InChI is InChI=1S/C21H16BrN3O6/c22-18-7-6-16(31-18)21(28)23-14-3-1-2-12(10-14)19(26)24-25-20(27)13-4-5-15-17(11-13)30-9-8-29-15/h1-7,10-11H,8-9H2,(H,23,28)(H,24,26)(H,25,27). The van der Waals surface area contributed by atoms with Gasteiger partial charge in [0.2, 0.25) is 0 Å². The number of carbonyl (C=O) groups is 3. The first-order valence-corrected chi connectivity index (χ1v) is 9.96. The highest BCUT2D eigenvalue weighted by Gasteiger charge is 2.16. The summed E-state index contributed by atoms with van der Waals surface area (Å²) in [5.74, 6) is -0.380. The Kier molecular flexibility index (Phi) is 5.89. The molecule has 0 spiro atoms. The van der Waals surface area contributed by atoms with Crippen LogP contribution < -0.4 is 25.6 Å². The number of anilines is 1. The number of hydrazine groups is 1. The Morgan fingerprint density at radius 3 is 2.19 bits per heavy atom. The van der Waals surface area contributed by atoms with Crippen LogP contribution in [0, 0.1) is 0 Å². The van der Waals surface area contributed by atoms with Crippen LogP contribution in [0.4, 0.5) is 5.69 Å². The van der Waals surface area contributed by atoms with Crippen molar-refractivity contribution in [1.82, 2.24) is 10.9 Å². The van der Waals surface area contributed by atoms with Crippen molar-refractivity contribution < 1.29 is 28.3 Å². The van der Waals surface area contributed by atoms with Gasteiger partial charge in [-0.1, -0.05) is 6.07 Å². The lowest BCUT2D eigenvalue weighted by Crippen LogP contribution is -2.41. The van der Waals surface area contributed by atoms with E-state index in [0.29, 0.717) is 40.6 Å². The van der Waals surface area contributed by atoms with E-state index in [4.69, 9.17) is 13.9 Å². The molecule has 1 aliphatic heterocycles. The second-order valence-electron chi connectivity index (χ2n) is 6.41. The number of furan rings is 1. The minimum absolute atomic E-state index is 0.119. The first-order valence-electron chi connectivity index (χ1n) is 9.17. The summed E-state index contributed by atoms with van der Waals surface area (Å²) < 4.78 is 16.5. The molecule has 0 aliphatic carbocycles. The van der Waals surface area contributed by atoms with Crippen molar-refractivity contribution in [1.29, 1.82) is 0 Å². The molecular weight excluding hydrogens is 470 g/mol. The molecule has 9 nitrogen and oxygen atoms in total. The maximum atomic E-state index is 12.4. The number of hydrogen-bond acceptors (Lipinski definition) is 6. The fourth-order valence-corrected chi connectivity index (χ4v) is 3.12. The smallest absolute Gasteiger partial charge is 0.291 e. The summed E-state index contributed by atoms with van der Waals surface area (Å²) in [6.07, 6.45) is 0. The molecule has 0 radical (unpaired) electrons. The lowest BCUT2D eigenvalue weighted by molar-refractivity contribution is 0.0846. The highest BCUT2D eigenvalue weighted by molar-refractivity contribution is 9.10. The Morgan fingerprint density at radius 1 is 0.774 bits per heavy atom. The number of halogens is 1. The summed E-state index contributed by atoms with van der Waals surface area (Å²) in [4.78, 5) is 36.9. The van der Waals surface area contributed by atoms with Gasteiger partial charge in [0.25, 0.3) is 17.7 Å². The summed E-state index contributed by atoms with van der Waals surface area (Å²) >= 11 is 3.13. The van der Waals surface area contributed by atoms with Crippen molar-refractivity contribution >= 4 is 39.3 Å². The molecule has 3 amide bonds. The largest absolute Gasteiger partial charge is 0.486 e. The summed E-state index contributed by atoms with van der Waals surface area (Å²) in [6.45, 7) is 0.853. The third-order valence-electron chi connectivity index (χ3n) is 4.27. The molecule has 4 rings (SSSR count). The third kappa shape index (κ3) is 4.86. The normalized spacial score (nSPS) is 12.0. The van der Waals surface area contributed by atoms with E-state index in [9.17, 15) is 14.4 Å². The summed E-state index contributed by atoms with van der Waals surface area (Å²) in [7, 11) is 0. The number of benzene rings is 2. The van der Waals surface area contributed by atoms with Gasteiger partial charge in [0, 0.05) is 16.8 Å². The van der Waals surface area contributed by atoms with E-state index in [2.05, 4.69) is 32.1 Å². The summed E-state index contributed by atoms with van der Waals surface area (Å²) in [5.41, 5.74) is 5.63. The van der Waals surface area contributed by atoms with Crippen molar-refractivity contribution in [2.24, 2.45) is 0 Å². The van der Waals surface area contributed by atoms with Gasteiger partial charge in [-0.2, -0.15) is 0 Å². The first kappa shape index (κ1) is 20.5. The van der Waals surface area contributed by atoms with Crippen LogP contribution in [-0.2, 0) is 0 Å².